The number of carbonyl (C=O) groups excluding carboxylic acids is 1. The van der Waals surface area contributed by atoms with Crippen molar-refractivity contribution in [3.63, 3.8) is 0 Å². The van der Waals surface area contributed by atoms with Gasteiger partial charge in [0.1, 0.15) is 11.8 Å². The third-order valence-electron chi connectivity index (χ3n) is 5.44. The SMILES string of the molecule is COc1ccc(C(=O)N2CC[NH+]([C@H]3CCS(=O)(=O)C3)CC2)c(OC)c1OC. The molecule has 3 rings (SSSR count). The lowest BCUT2D eigenvalue weighted by atomic mass is 10.1. The van der Waals surface area contributed by atoms with Crippen LogP contribution in [-0.4, -0.2) is 84.3 Å². The van der Waals surface area contributed by atoms with Gasteiger partial charge in [0.25, 0.3) is 5.91 Å². The fraction of sp³-hybridized carbons (Fsp3) is 0.611. The second kappa shape index (κ2) is 7.93. The predicted molar refractivity (Wildman–Crippen MR) is 99.8 cm³/mol. The van der Waals surface area contributed by atoms with Crippen molar-refractivity contribution in [2.75, 3.05) is 59.0 Å². The van der Waals surface area contributed by atoms with Gasteiger partial charge in [-0.25, -0.2) is 8.42 Å². The van der Waals surface area contributed by atoms with Gasteiger partial charge < -0.3 is 24.0 Å². The number of nitrogens with zero attached hydrogens (tertiary/aromatic N) is 1. The molecule has 1 aromatic carbocycles. The summed E-state index contributed by atoms with van der Waals surface area (Å²) in [6, 6.07) is 3.54. The first kappa shape index (κ1) is 19.8. The molecule has 2 fully saturated rings. The smallest absolute Gasteiger partial charge is 0.258 e. The van der Waals surface area contributed by atoms with Crippen LogP contribution in [-0.2, 0) is 9.84 Å². The Balaban J connectivity index is 1.71. The number of benzene rings is 1. The standard InChI is InChI=1S/C18H26N2O6S/c1-24-15-5-4-14(16(25-2)17(15)26-3)18(21)20-9-7-19(8-10-20)13-6-11-27(22,23)12-13/h4-5,13H,6-12H2,1-3H3/p+1/t13-/m0/s1. The molecule has 1 N–H and O–H groups in total. The Morgan fingerprint density at radius 2 is 1.74 bits per heavy atom. The maximum atomic E-state index is 13.0. The average molecular weight is 399 g/mol. The van der Waals surface area contributed by atoms with Crippen molar-refractivity contribution in [2.24, 2.45) is 0 Å². The Bertz CT molecular complexity index is 802. The van der Waals surface area contributed by atoms with Crippen molar-refractivity contribution < 1.29 is 32.3 Å². The second-order valence-corrected chi connectivity index (χ2v) is 9.16. The minimum absolute atomic E-state index is 0.120. The van der Waals surface area contributed by atoms with Crippen molar-refractivity contribution in [2.45, 2.75) is 12.5 Å². The number of carbonyl (C=O) groups is 1. The summed E-state index contributed by atoms with van der Waals surface area (Å²) in [5, 5.41) is 0. The summed E-state index contributed by atoms with van der Waals surface area (Å²) in [6.45, 7) is 2.67. The molecule has 0 aromatic heterocycles. The normalized spacial score (nSPS) is 22.5. The first-order chi connectivity index (χ1) is 12.9. The Labute approximate surface area is 159 Å². The summed E-state index contributed by atoms with van der Waals surface area (Å²) in [6.07, 6.45) is 0.717. The fourth-order valence-corrected chi connectivity index (χ4v) is 5.79. The van der Waals surface area contributed by atoms with E-state index in [-0.39, 0.29) is 23.5 Å². The lowest BCUT2D eigenvalue weighted by Crippen LogP contribution is -3.18. The zero-order chi connectivity index (χ0) is 19.6. The van der Waals surface area contributed by atoms with Gasteiger partial charge in [0.2, 0.25) is 5.75 Å². The van der Waals surface area contributed by atoms with Gasteiger partial charge >= 0.3 is 0 Å². The molecule has 2 aliphatic heterocycles. The van der Waals surface area contributed by atoms with Crippen molar-refractivity contribution in [3.05, 3.63) is 17.7 Å². The summed E-state index contributed by atoms with van der Waals surface area (Å²) < 4.78 is 39.5. The molecule has 27 heavy (non-hydrogen) atoms. The van der Waals surface area contributed by atoms with Gasteiger partial charge in [0.15, 0.2) is 21.3 Å². The molecular weight excluding hydrogens is 372 g/mol. The fourth-order valence-electron chi connectivity index (χ4n) is 3.96. The number of methoxy groups -OCH3 is 3. The molecule has 0 radical (unpaired) electrons. The molecule has 1 aromatic rings. The van der Waals surface area contributed by atoms with Crippen LogP contribution in [0.2, 0.25) is 0 Å². The lowest BCUT2D eigenvalue weighted by Gasteiger charge is -2.35. The van der Waals surface area contributed by atoms with Crippen molar-refractivity contribution in [1.29, 1.82) is 0 Å². The van der Waals surface area contributed by atoms with Gasteiger partial charge in [-0.3, -0.25) is 4.79 Å². The first-order valence-electron chi connectivity index (χ1n) is 9.03. The zero-order valence-corrected chi connectivity index (χ0v) is 16.8. The summed E-state index contributed by atoms with van der Waals surface area (Å²) in [5.41, 5.74) is 0.432. The molecule has 0 unspecified atom stereocenters. The Morgan fingerprint density at radius 1 is 1.07 bits per heavy atom. The van der Waals surface area contributed by atoms with Crippen LogP contribution in [0.4, 0.5) is 0 Å². The van der Waals surface area contributed by atoms with E-state index in [0.717, 1.165) is 19.5 Å². The monoisotopic (exact) mass is 399 g/mol. The molecule has 9 heteroatoms. The van der Waals surface area contributed by atoms with Crippen molar-refractivity contribution in [3.8, 4) is 17.2 Å². The van der Waals surface area contributed by atoms with Crippen LogP contribution in [0.5, 0.6) is 17.2 Å². The highest BCUT2D eigenvalue weighted by Gasteiger charge is 2.38. The Kier molecular flexibility index (Phi) is 5.81. The van der Waals surface area contributed by atoms with E-state index in [1.807, 2.05) is 0 Å². The molecule has 0 saturated carbocycles. The third kappa shape index (κ3) is 3.98. The maximum absolute atomic E-state index is 13.0. The summed E-state index contributed by atoms with van der Waals surface area (Å²) >= 11 is 0. The lowest BCUT2D eigenvalue weighted by molar-refractivity contribution is -0.925. The van der Waals surface area contributed by atoms with E-state index in [9.17, 15) is 13.2 Å². The largest absolute Gasteiger partial charge is 0.493 e. The molecule has 1 amide bonds. The van der Waals surface area contributed by atoms with Crippen LogP contribution in [0.25, 0.3) is 0 Å². The van der Waals surface area contributed by atoms with Crippen LogP contribution in [0, 0.1) is 0 Å². The van der Waals surface area contributed by atoms with E-state index in [1.54, 1.807) is 17.0 Å². The minimum Gasteiger partial charge on any atom is -0.493 e. The average Bonchev–Trinajstić information content (AvgIpc) is 3.05. The van der Waals surface area contributed by atoms with Crippen LogP contribution < -0.4 is 19.1 Å². The molecule has 2 aliphatic rings. The van der Waals surface area contributed by atoms with Gasteiger partial charge in [0.05, 0.1) is 58.8 Å². The highest BCUT2D eigenvalue weighted by atomic mass is 32.2. The Hall–Kier alpha value is -2.00. The van der Waals surface area contributed by atoms with E-state index < -0.39 is 9.84 Å². The molecule has 0 aliphatic carbocycles. The first-order valence-corrected chi connectivity index (χ1v) is 10.9. The quantitative estimate of drug-likeness (QED) is 0.701. The Morgan fingerprint density at radius 3 is 2.26 bits per heavy atom. The number of ether oxygens (including phenoxy) is 3. The second-order valence-electron chi connectivity index (χ2n) is 6.93. The number of rotatable bonds is 5. The topological polar surface area (TPSA) is 86.6 Å². The number of piperazine rings is 1. The van der Waals surface area contributed by atoms with Crippen molar-refractivity contribution >= 4 is 15.7 Å². The van der Waals surface area contributed by atoms with Gasteiger partial charge in [0, 0.05) is 6.42 Å². The number of nitrogens with one attached hydrogen (secondary N) is 1. The molecule has 150 valence electrons. The summed E-state index contributed by atoms with van der Waals surface area (Å²) in [4.78, 5) is 16.1. The van der Waals surface area contributed by atoms with Crippen LogP contribution in [0.3, 0.4) is 0 Å². The zero-order valence-electron chi connectivity index (χ0n) is 16.0. The van der Waals surface area contributed by atoms with E-state index >= 15 is 0 Å². The van der Waals surface area contributed by atoms with E-state index in [4.69, 9.17) is 14.2 Å². The van der Waals surface area contributed by atoms with Gasteiger partial charge in [-0.1, -0.05) is 0 Å². The number of hydrogen-bond acceptors (Lipinski definition) is 6. The van der Waals surface area contributed by atoms with E-state index in [0.29, 0.717) is 35.9 Å². The number of sulfone groups is 1. The maximum Gasteiger partial charge on any atom is 0.258 e. The molecule has 1 atom stereocenters. The highest BCUT2D eigenvalue weighted by molar-refractivity contribution is 7.91. The summed E-state index contributed by atoms with van der Waals surface area (Å²) in [7, 11) is 1.65. The molecule has 2 saturated heterocycles. The van der Waals surface area contributed by atoms with Gasteiger partial charge in [-0.05, 0) is 12.1 Å². The molecule has 0 spiro atoms. The molecular formula is C18H27N2O6S+. The van der Waals surface area contributed by atoms with Crippen LogP contribution >= 0.6 is 0 Å². The predicted octanol–water partition coefficient (Wildman–Crippen LogP) is -0.760. The van der Waals surface area contributed by atoms with Gasteiger partial charge in [-0.15, -0.1) is 0 Å². The summed E-state index contributed by atoms with van der Waals surface area (Å²) in [5.74, 6) is 1.69. The number of hydrogen-bond donors (Lipinski definition) is 1. The number of quaternary nitrogens is 1. The van der Waals surface area contributed by atoms with Crippen molar-refractivity contribution in [1.82, 2.24) is 4.90 Å². The van der Waals surface area contributed by atoms with E-state index in [1.165, 1.54) is 26.2 Å². The number of amides is 1. The minimum atomic E-state index is -2.88. The molecule has 8 nitrogen and oxygen atoms in total. The van der Waals surface area contributed by atoms with Gasteiger partial charge in [-0.2, -0.15) is 0 Å². The van der Waals surface area contributed by atoms with E-state index in [2.05, 4.69) is 0 Å². The molecule has 2 heterocycles. The third-order valence-corrected chi connectivity index (χ3v) is 7.21. The van der Waals surface area contributed by atoms with Crippen LogP contribution in [0.1, 0.15) is 16.8 Å². The highest BCUT2D eigenvalue weighted by Crippen LogP contribution is 2.40. The molecule has 0 bridgehead atoms. The van der Waals surface area contributed by atoms with Crippen LogP contribution in [0.15, 0.2) is 12.1 Å².